The summed E-state index contributed by atoms with van der Waals surface area (Å²) in [5.74, 6) is -0.128. The molecular weight excluding hydrogens is 324 g/mol. The van der Waals surface area contributed by atoms with Crippen LogP contribution in [-0.2, 0) is 4.79 Å². The molecule has 0 bridgehead atoms. The zero-order chi connectivity index (χ0) is 17.7. The molecule has 0 aliphatic heterocycles. The number of para-hydroxylation sites is 1. The number of aromatic hydroxyl groups is 1. The number of aromatic nitrogens is 2. The maximum absolute atomic E-state index is 12.2. The van der Waals surface area contributed by atoms with Crippen LogP contribution in [0.2, 0.25) is 0 Å². The van der Waals surface area contributed by atoms with Gasteiger partial charge in [0.1, 0.15) is 5.75 Å². The molecule has 0 radical (unpaired) electrons. The average Bonchev–Trinajstić information content (AvgIpc) is 2.51. The molecule has 0 fully saturated rings. The van der Waals surface area contributed by atoms with Crippen LogP contribution in [0.5, 0.6) is 5.75 Å². The number of rotatable bonds is 5. The van der Waals surface area contributed by atoms with E-state index in [1.165, 1.54) is 11.8 Å². The van der Waals surface area contributed by atoms with E-state index in [9.17, 15) is 9.90 Å². The molecule has 1 aromatic carbocycles. The van der Waals surface area contributed by atoms with Crippen molar-refractivity contribution >= 4 is 23.4 Å². The van der Waals surface area contributed by atoms with Gasteiger partial charge in [0.15, 0.2) is 5.16 Å². The highest BCUT2D eigenvalue weighted by atomic mass is 32.2. The van der Waals surface area contributed by atoms with Gasteiger partial charge in [-0.1, -0.05) is 23.9 Å². The van der Waals surface area contributed by atoms with E-state index in [4.69, 9.17) is 0 Å². The van der Waals surface area contributed by atoms with Crippen molar-refractivity contribution in [3.05, 3.63) is 47.3 Å². The number of amides is 1. The van der Waals surface area contributed by atoms with Crippen LogP contribution in [0.15, 0.2) is 40.6 Å². The van der Waals surface area contributed by atoms with Crippen LogP contribution in [0.1, 0.15) is 30.8 Å². The summed E-state index contributed by atoms with van der Waals surface area (Å²) >= 11 is 1.28. The maximum Gasteiger partial charge on any atom is 0.253 e. The summed E-state index contributed by atoms with van der Waals surface area (Å²) in [4.78, 5) is 20.8. The predicted molar refractivity (Wildman–Crippen MR) is 95.3 cm³/mol. The Morgan fingerprint density at radius 2 is 1.88 bits per heavy atom. The van der Waals surface area contributed by atoms with Crippen LogP contribution in [0, 0.1) is 13.8 Å². The molecule has 1 amide bonds. The van der Waals surface area contributed by atoms with Gasteiger partial charge in [-0.15, -0.1) is 0 Å². The van der Waals surface area contributed by atoms with E-state index in [-0.39, 0.29) is 11.7 Å². The number of aryl methyl sites for hydroxylation is 2. The minimum absolute atomic E-state index is 0.124. The summed E-state index contributed by atoms with van der Waals surface area (Å²) in [5, 5.41) is 14.0. The number of nitrogens with zero attached hydrogens (tertiary/aromatic N) is 3. The maximum atomic E-state index is 12.2. The van der Waals surface area contributed by atoms with Crippen LogP contribution in [-0.4, -0.2) is 31.9 Å². The van der Waals surface area contributed by atoms with E-state index in [1.807, 2.05) is 19.9 Å². The molecule has 2 N–H and O–H groups in total. The molecule has 24 heavy (non-hydrogen) atoms. The first-order valence-corrected chi connectivity index (χ1v) is 8.36. The zero-order valence-electron chi connectivity index (χ0n) is 14.1. The van der Waals surface area contributed by atoms with Crippen LogP contribution in [0.25, 0.3) is 0 Å². The molecule has 1 heterocycles. The van der Waals surface area contributed by atoms with Gasteiger partial charge < -0.3 is 5.11 Å². The molecule has 1 aromatic heterocycles. The molecule has 6 nitrogen and oxygen atoms in total. The summed E-state index contributed by atoms with van der Waals surface area (Å²) in [6.07, 6.45) is 0. The summed E-state index contributed by atoms with van der Waals surface area (Å²) in [6, 6.07) is 8.72. The number of benzene rings is 1. The number of phenolic OH excluding ortho intramolecular Hbond substituents is 1. The van der Waals surface area contributed by atoms with E-state index in [0.29, 0.717) is 16.4 Å². The van der Waals surface area contributed by atoms with Crippen LogP contribution in [0.4, 0.5) is 0 Å². The van der Waals surface area contributed by atoms with Crippen molar-refractivity contribution in [1.29, 1.82) is 0 Å². The topological polar surface area (TPSA) is 87.5 Å². The molecule has 0 unspecified atom stereocenters. The number of hydrazone groups is 1. The van der Waals surface area contributed by atoms with Gasteiger partial charge in [-0.2, -0.15) is 5.10 Å². The van der Waals surface area contributed by atoms with Crippen molar-refractivity contribution in [3.8, 4) is 5.75 Å². The number of nitrogens with one attached hydrogen (secondary N) is 1. The summed E-state index contributed by atoms with van der Waals surface area (Å²) in [5.41, 5.74) is 5.36. The second-order valence-electron chi connectivity index (χ2n) is 5.38. The summed E-state index contributed by atoms with van der Waals surface area (Å²) in [6.45, 7) is 7.28. The molecule has 0 saturated carbocycles. The molecular formula is C17H20N4O2S. The van der Waals surface area contributed by atoms with Gasteiger partial charge in [0.05, 0.1) is 11.0 Å². The second-order valence-corrected chi connectivity index (χ2v) is 6.69. The Kier molecular flexibility index (Phi) is 5.92. The van der Waals surface area contributed by atoms with Crippen molar-refractivity contribution in [2.45, 2.75) is 38.1 Å². The molecule has 126 valence electrons. The quantitative estimate of drug-likeness (QED) is 0.377. The Balaban J connectivity index is 2.01. The fraction of sp³-hybridized carbons (Fsp3) is 0.294. The van der Waals surface area contributed by atoms with Crippen molar-refractivity contribution in [2.75, 3.05) is 0 Å². The number of phenols is 1. The monoisotopic (exact) mass is 344 g/mol. The highest BCUT2D eigenvalue weighted by Crippen LogP contribution is 2.20. The normalized spacial score (nSPS) is 12.8. The lowest BCUT2D eigenvalue weighted by molar-refractivity contribution is -0.120. The van der Waals surface area contributed by atoms with Crippen LogP contribution < -0.4 is 5.43 Å². The molecule has 2 rings (SSSR count). The first-order valence-electron chi connectivity index (χ1n) is 7.48. The van der Waals surface area contributed by atoms with E-state index >= 15 is 0 Å². The first-order chi connectivity index (χ1) is 11.4. The van der Waals surface area contributed by atoms with Crippen LogP contribution in [0.3, 0.4) is 0 Å². The van der Waals surface area contributed by atoms with Crippen molar-refractivity contribution in [1.82, 2.24) is 15.4 Å². The van der Waals surface area contributed by atoms with Gasteiger partial charge in [0.2, 0.25) is 0 Å². The van der Waals surface area contributed by atoms with Gasteiger partial charge >= 0.3 is 0 Å². The second kappa shape index (κ2) is 7.92. The van der Waals surface area contributed by atoms with Crippen molar-refractivity contribution in [2.24, 2.45) is 5.10 Å². The number of thioether (sulfide) groups is 1. The first kappa shape index (κ1) is 17.9. The molecule has 0 aliphatic rings. The zero-order valence-corrected chi connectivity index (χ0v) is 14.9. The smallest absolute Gasteiger partial charge is 0.253 e. The minimum atomic E-state index is -0.396. The number of hydrogen-bond donors (Lipinski definition) is 2. The SMILES string of the molecule is C/C(=N/NC(=O)[C@H](C)Sc1nc(C)cc(C)n1)c1ccccc1O. The lowest BCUT2D eigenvalue weighted by Crippen LogP contribution is -2.28. The summed E-state index contributed by atoms with van der Waals surface area (Å²) < 4.78 is 0. The fourth-order valence-electron chi connectivity index (χ4n) is 2.03. The Hall–Kier alpha value is -2.41. The minimum Gasteiger partial charge on any atom is -0.507 e. The molecule has 7 heteroatoms. The van der Waals surface area contributed by atoms with Gasteiger partial charge in [-0.25, -0.2) is 15.4 Å². The largest absolute Gasteiger partial charge is 0.507 e. The Bertz CT molecular complexity index is 757. The van der Waals surface area contributed by atoms with Gasteiger partial charge in [-0.3, -0.25) is 4.79 Å². The fourth-order valence-corrected chi connectivity index (χ4v) is 2.90. The van der Waals surface area contributed by atoms with E-state index in [2.05, 4.69) is 20.5 Å². The van der Waals surface area contributed by atoms with Gasteiger partial charge in [0, 0.05) is 17.0 Å². The van der Waals surface area contributed by atoms with Crippen molar-refractivity contribution < 1.29 is 9.90 Å². The molecule has 1 atom stereocenters. The number of carbonyl (C=O) groups excluding carboxylic acids is 1. The lowest BCUT2D eigenvalue weighted by Gasteiger charge is -2.10. The van der Waals surface area contributed by atoms with Gasteiger partial charge in [0.25, 0.3) is 5.91 Å². The Morgan fingerprint density at radius 1 is 1.25 bits per heavy atom. The molecule has 2 aromatic rings. The molecule has 0 aliphatic carbocycles. The number of hydrogen-bond acceptors (Lipinski definition) is 6. The van der Waals surface area contributed by atoms with E-state index in [0.717, 1.165) is 11.4 Å². The molecule has 0 saturated heterocycles. The van der Waals surface area contributed by atoms with E-state index in [1.54, 1.807) is 38.1 Å². The highest BCUT2D eigenvalue weighted by Gasteiger charge is 2.16. The van der Waals surface area contributed by atoms with Gasteiger partial charge in [-0.05, 0) is 45.9 Å². The lowest BCUT2D eigenvalue weighted by atomic mass is 10.1. The standard InChI is InChI=1S/C17H20N4O2S/c1-10-9-11(2)19-17(18-10)24-13(4)16(23)21-20-12(3)14-7-5-6-8-15(14)22/h5-9,13,22H,1-4H3,(H,21,23)/b20-12-/t13-/m0/s1. The third-order valence-electron chi connectivity index (χ3n) is 3.24. The highest BCUT2D eigenvalue weighted by molar-refractivity contribution is 8.00. The van der Waals surface area contributed by atoms with Crippen LogP contribution >= 0.6 is 11.8 Å². The molecule has 0 spiro atoms. The summed E-state index contributed by atoms with van der Waals surface area (Å²) in [7, 11) is 0. The average molecular weight is 344 g/mol. The Labute approximate surface area is 145 Å². The Morgan fingerprint density at radius 3 is 2.50 bits per heavy atom. The third-order valence-corrected chi connectivity index (χ3v) is 4.20. The van der Waals surface area contributed by atoms with E-state index < -0.39 is 5.25 Å². The number of carbonyl (C=O) groups is 1. The third kappa shape index (κ3) is 4.79. The van der Waals surface area contributed by atoms with Crippen molar-refractivity contribution in [3.63, 3.8) is 0 Å². The predicted octanol–water partition coefficient (Wildman–Crippen LogP) is 2.82.